The highest BCUT2D eigenvalue weighted by atomic mass is 16.3. The van der Waals surface area contributed by atoms with Gasteiger partial charge in [-0.1, -0.05) is 40.0 Å². The van der Waals surface area contributed by atoms with Crippen molar-refractivity contribution in [1.82, 2.24) is 4.90 Å². The zero-order valence-corrected chi connectivity index (χ0v) is 13.4. The van der Waals surface area contributed by atoms with E-state index in [4.69, 9.17) is 0 Å². The highest BCUT2D eigenvalue weighted by Crippen LogP contribution is 2.43. The van der Waals surface area contributed by atoms with Gasteiger partial charge in [-0.3, -0.25) is 0 Å². The van der Waals surface area contributed by atoms with Crippen LogP contribution in [-0.2, 0) is 0 Å². The molecule has 2 fully saturated rings. The van der Waals surface area contributed by atoms with Crippen LogP contribution in [0.2, 0.25) is 0 Å². The number of nitrogens with zero attached hydrogens (tertiary/aromatic N) is 1. The molecule has 0 bridgehead atoms. The van der Waals surface area contributed by atoms with Gasteiger partial charge in [-0.2, -0.15) is 0 Å². The van der Waals surface area contributed by atoms with Gasteiger partial charge >= 0.3 is 0 Å². The molecule has 0 saturated heterocycles. The minimum absolute atomic E-state index is 0.0720. The molecular formula is C17H33NO. The first-order chi connectivity index (χ1) is 8.94. The molecule has 2 heteroatoms. The number of hydrogen-bond donors (Lipinski definition) is 1. The Labute approximate surface area is 119 Å². The molecule has 2 aliphatic carbocycles. The first kappa shape index (κ1) is 15.3. The molecule has 19 heavy (non-hydrogen) atoms. The molecule has 0 aliphatic heterocycles. The molecule has 0 spiro atoms. The van der Waals surface area contributed by atoms with Gasteiger partial charge in [0.05, 0.1) is 6.10 Å². The van der Waals surface area contributed by atoms with E-state index in [9.17, 15) is 5.11 Å². The Bertz CT molecular complexity index is 285. The standard InChI is InChI=1S/C17H33NO/c1-5-17(2,3)15-9-8-14(19)12-16(15)18(4)11-10-13-6-7-13/h13-16,19H,5-12H2,1-4H3. The van der Waals surface area contributed by atoms with Crippen LogP contribution in [0.4, 0.5) is 0 Å². The van der Waals surface area contributed by atoms with E-state index in [-0.39, 0.29) is 6.10 Å². The maximum Gasteiger partial charge on any atom is 0.0555 e. The summed E-state index contributed by atoms with van der Waals surface area (Å²) in [6, 6.07) is 0.581. The van der Waals surface area contributed by atoms with Gasteiger partial charge in [-0.15, -0.1) is 0 Å². The minimum atomic E-state index is -0.0720. The largest absolute Gasteiger partial charge is 0.393 e. The number of aliphatic hydroxyl groups excluding tert-OH is 1. The SMILES string of the molecule is CCC(C)(C)C1CCC(O)CC1N(C)CCC1CC1. The molecule has 2 rings (SSSR count). The number of hydrogen-bond acceptors (Lipinski definition) is 2. The summed E-state index contributed by atoms with van der Waals surface area (Å²) >= 11 is 0. The van der Waals surface area contributed by atoms with Crippen molar-refractivity contribution in [2.75, 3.05) is 13.6 Å². The van der Waals surface area contributed by atoms with Gasteiger partial charge in [-0.05, 0) is 56.5 Å². The van der Waals surface area contributed by atoms with Gasteiger partial charge in [0.1, 0.15) is 0 Å². The Kier molecular flexibility index (Phi) is 4.94. The highest BCUT2D eigenvalue weighted by molar-refractivity contribution is 4.93. The van der Waals surface area contributed by atoms with Crippen LogP contribution in [0.15, 0.2) is 0 Å². The molecular weight excluding hydrogens is 234 g/mol. The maximum absolute atomic E-state index is 10.0. The molecule has 0 radical (unpaired) electrons. The number of aliphatic hydroxyl groups is 1. The predicted molar refractivity (Wildman–Crippen MR) is 81.2 cm³/mol. The van der Waals surface area contributed by atoms with E-state index in [0.717, 1.165) is 24.7 Å². The van der Waals surface area contributed by atoms with Gasteiger partial charge in [-0.25, -0.2) is 0 Å². The van der Waals surface area contributed by atoms with Crippen molar-refractivity contribution in [3.63, 3.8) is 0 Å². The van der Waals surface area contributed by atoms with Crippen LogP contribution in [0.25, 0.3) is 0 Å². The molecule has 3 atom stereocenters. The molecule has 3 unspecified atom stereocenters. The quantitative estimate of drug-likeness (QED) is 0.793. The normalized spacial score (nSPS) is 32.8. The molecule has 0 aromatic heterocycles. The van der Waals surface area contributed by atoms with Gasteiger partial charge in [0, 0.05) is 6.04 Å². The van der Waals surface area contributed by atoms with Crippen molar-refractivity contribution >= 4 is 0 Å². The average molecular weight is 267 g/mol. The smallest absolute Gasteiger partial charge is 0.0555 e. The summed E-state index contributed by atoms with van der Waals surface area (Å²) < 4.78 is 0. The van der Waals surface area contributed by atoms with Crippen molar-refractivity contribution in [2.45, 2.75) is 77.9 Å². The van der Waals surface area contributed by atoms with Crippen molar-refractivity contribution in [3.05, 3.63) is 0 Å². The fourth-order valence-electron chi connectivity index (χ4n) is 3.74. The Morgan fingerprint density at radius 3 is 2.42 bits per heavy atom. The molecule has 112 valence electrons. The second-order valence-corrected chi connectivity index (χ2v) is 7.70. The lowest BCUT2D eigenvalue weighted by Crippen LogP contribution is -2.49. The second kappa shape index (κ2) is 6.13. The Morgan fingerprint density at radius 1 is 1.16 bits per heavy atom. The van der Waals surface area contributed by atoms with E-state index in [2.05, 4.69) is 32.7 Å². The maximum atomic E-state index is 10.0. The van der Waals surface area contributed by atoms with Gasteiger partial charge in [0.2, 0.25) is 0 Å². The highest BCUT2D eigenvalue weighted by Gasteiger charge is 2.40. The average Bonchev–Trinajstić information content (AvgIpc) is 3.19. The lowest BCUT2D eigenvalue weighted by atomic mass is 9.66. The topological polar surface area (TPSA) is 23.5 Å². The van der Waals surface area contributed by atoms with E-state index in [1.165, 1.54) is 38.6 Å². The fourth-order valence-corrected chi connectivity index (χ4v) is 3.74. The Hall–Kier alpha value is -0.0800. The summed E-state index contributed by atoms with van der Waals surface area (Å²) in [5, 5.41) is 10.0. The molecule has 0 aromatic rings. The molecule has 0 aromatic carbocycles. The molecule has 1 N–H and O–H groups in total. The summed E-state index contributed by atoms with van der Waals surface area (Å²) in [6.07, 6.45) is 8.60. The molecule has 2 saturated carbocycles. The second-order valence-electron chi connectivity index (χ2n) is 7.70. The summed E-state index contributed by atoms with van der Waals surface area (Å²) in [4.78, 5) is 2.56. The third-order valence-corrected chi connectivity index (χ3v) is 5.86. The monoisotopic (exact) mass is 267 g/mol. The molecule has 0 heterocycles. The zero-order chi connectivity index (χ0) is 14.0. The van der Waals surface area contributed by atoms with Crippen molar-refractivity contribution in [2.24, 2.45) is 17.3 Å². The van der Waals surface area contributed by atoms with Crippen LogP contribution in [0.5, 0.6) is 0 Å². The predicted octanol–water partition coefficient (Wildman–Crippen LogP) is 3.68. The first-order valence-corrected chi connectivity index (χ1v) is 8.32. The lowest BCUT2D eigenvalue weighted by Gasteiger charge is -2.47. The minimum Gasteiger partial charge on any atom is -0.393 e. The van der Waals surface area contributed by atoms with E-state index in [0.29, 0.717) is 11.5 Å². The Morgan fingerprint density at radius 2 is 1.84 bits per heavy atom. The third-order valence-electron chi connectivity index (χ3n) is 5.86. The van der Waals surface area contributed by atoms with Crippen LogP contribution >= 0.6 is 0 Å². The number of rotatable bonds is 6. The molecule has 0 amide bonds. The van der Waals surface area contributed by atoms with E-state index in [1.807, 2.05) is 0 Å². The fraction of sp³-hybridized carbons (Fsp3) is 1.00. The zero-order valence-electron chi connectivity index (χ0n) is 13.4. The van der Waals surface area contributed by atoms with Gasteiger partial charge < -0.3 is 10.0 Å². The summed E-state index contributed by atoms with van der Waals surface area (Å²) in [5.41, 5.74) is 0.401. The van der Waals surface area contributed by atoms with Gasteiger partial charge in [0.25, 0.3) is 0 Å². The van der Waals surface area contributed by atoms with Crippen LogP contribution < -0.4 is 0 Å². The van der Waals surface area contributed by atoms with Crippen LogP contribution in [0, 0.1) is 17.3 Å². The molecule has 2 nitrogen and oxygen atoms in total. The molecule has 2 aliphatic rings. The van der Waals surface area contributed by atoms with Gasteiger partial charge in [0.15, 0.2) is 0 Å². The van der Waals surface area contributed by atoms with Crippen LogP contribution in [0.3, 0.4) is 0 Å². The summed E-state index contributed by atoms with van der Waals surface area (Å²) in [5.74, 6) is 1.75. The summed E-state index contributed by atoms with van der Waals surface area (Å²) in [6.45, 7) is 8.36. The van der Waals surface area contributed by atoms with Crippen molar-refractivity contribution in [1.29, 1.82) is 0 Å². The van der Waals surface area contributed by atoms with E-state index >= 15 is 0 Å². The first-order valence-electron chi connectivity index (χ1n) is 8.32. The van der Waals surface area contributed by atoms with E-state index in [1.54, 1.807) is 0 Å². The van der Waals surface area contributed by atoms with Crippen LogP contribution in [-0.4, -0.2) is 35.7 Å². The van der Waals surface area contributed by atoms with Crippen molar-refractivity contribution in [3.8, 4) is 0 Å². The summed E-state index contributed by atoms with van der Waals surface area (Å²) in [7, 11) is 2.28. The Balaban J connectivity index is 1.97. The lowest BCUT2D eigenvalue weighted by molar-refractivity contribution is -0.00979. The third kappa shape index (κ3) is 3.95. The van der Waals surface area contributed by atoms with E-state index < -0.39 is 0 Å². The van der Waals surface area contributed by atoms with Crippen molar-refractivity contribution < 1.29 is 5.11 Å². The van der Waals surface area contributed by atoms with Crippen LogP contribution in [0.1, 0.15) is 65.7 Å².